The van der Waals surface area contributed by atoms with Crippen molar-refractivity contribution < 1.29 is 91.0 Å². The minimum absolute atomic E-state index is 0. The summed E-state index contributed by atoms with van der Waals surface area (Å²) >= 11 is 9.53. The molecule has 5 unspecified atom stereocenters. The maximum atomic E-state index is 12.2. The van der Waals surface area contributed by atoms with Crippen molar-refractivity contribution in [2.24, 2.45) is 0 Å². The molecule has 0 radical (unpaired) electrons. The van der Waals surface area contributed by atoms with Crippen LogP contribution in [0.5, 0.6) is 0 Å². The second-order valence-electron chi connectivity index (χ2n) is 9.98. The Morgan fingerprint density at radius 2 is 1.21 bits per heavy atom. The number of halogens is 3. The lowest BCUT2D eigenvalue weighted by Crippen LogP contribution is -3.00. The Morgan fingerprint density at radius 1 is 0.729 bits per heavy atom. The summed E-state index contributed by atoms with van der Waals surface area (Å²) in [6.07, 6.45) is -9.22. The molecule has 0 aliphatic carbocycles. The number of ether oxygens (including phenoxy) is 6. The third-order valence-corrected chi connectivity index (χ3v) is 6.67. The molecule has 2 fully saturated rings. The molecule has 2 heterocycles. The van der Waals surface area contributed by atoms with Crippen LogP contribution in [0.15, 0.2) is 0 Å². The minimum atomic E-state index is -1.37. The minimum Gasteiger partial charge on any atom is -1.00 e. The van der Waals surface area contributed by atoms with Gasteiger partial charge in [0, 0.05) is 32.1 Å². The molecule has 0 aromatic heterocycles. The predicted molar refractivity (Wildman–Crippen MR) is 162 cm³/mol. The van der Waals surface area contributed by atoms with Gasteiger partial charge in [-0.3, -0.25) is 24.0 Å². The highest BCUT2D eigenvalue weighted by atomic mass is 35.5. The van der Waals surface area contributed by atoms with Crippen molar-refractivity contribution in [1.82, 2.24) is 5.32 Å². The lowest BCUT2D eigenvalue weighted by atomic mass is 9.95. The molecule has 2 aliphatic rings. The number of carbonyl (C=O) groups excluding carboxylic acids is 5. The van der Waals surface area contributed by atoms with Crippen molar-refractivity contribution in [3.63, 3.8) is 0 Å². The average Bonchev–Trinajstić information content (AvgIpc) is 3.06. The lowest BCUT2D eigenvalue weighted by molar-refractivity contribution is -0.497. The molecular formula is C28H49Cl3N2O15. The van der Waals surface area contributed by atoms with Crippen LogP contribution in [0, 0.1) is 0 Å². The van der Waals surface area contributed by atoms with E-state index in [9.17, 15) is 34.2 Å². The number of hydrogen-bond acceptors (Lipinski definition) is 15. The molecule has 17 nitrogen and oxygen atoms in total. The normalized spacial score (nSPS) is 29.2. The van der Waals surface area contributed by atoms with Gasteiger partial charge in [0.05, 0.1) is 11.9 Å². The van der Waals surface area contributed by atoms with E-state index in [2.05, 4.69) is 11.1 Å². The van der Waals surface area contributed by atoms with Gasteiger partial charge in [-0.1, -0.05) is 34.6 Å². The van der Waals surface area contributed by atoms with E-state index in [4.69, 9.17) is 61.8 Å². The van der Waals surface area contributed by atoms with Gasteiger partial charge in [0.15, 0.2) is 18.2 Å². The largest absolute Gasteiger partial charge is 1.00 e. The maximum Gasteiger partial charge on any atom is 0.307 e. The van der Waals surface area contributed by atoms with Crippen LogP contribution in [0.2, 0.25) is 0 Å². The number of amides is 1. The Balaban J connectivity index is 0. The van der Waals surface area contributed by atoms with Crippen molar-refractivity contribution in [2.45, 2.75) is 128 Å². The average molecular weight is 760 g/mol. The van der Waals surface area contributed by atoms with Crippen LogP contribution < -0.4 is 23.5 Å². The number of quaternary nitrogens is 1. The van der Waals surface area contributed by atoms with E-state index in [0.717, 1.165) is 0 Å². The first-order valence-corrected chi connectivity index (χ1v) is 16.2. The molecule has 8 N–H and O–H groups in total. The van der Waals surface area contributed by atoms with E-state index < -0.39 is 97.7 Å². The van der Waals surface area contributed by atoms with Gasteiger partial charge in [-0.25, -0.2) is 0 Å². The zero-order valence-corrected chi connectivity index (χ0v) is 29.8. The van der Waals surface area contributed by atoms with E-state index in [0.29, 0.717) is 0 Å². The molecule has 0 bridgehead atoms. The van der Waals surface area contributed by atoms with Crippen LogP contribution in [0.25, 0.3) is 0 Å². The first kappa shape index (κ1) is 48.1. The van der Waals surface area contributed by atoms with E-state index >= 15 is 0 Å². The van der Waals surface area contributed by atoms with E-state index in [1.165, 1.54) is 0 Å². The third-order valence-electron chi connectivity index (χ3n) is 6.67. The summed E-state index contributed by atoms with van der Waals surface area (Å²) < 4.78 is 32.1. The van der Waals surface area contributed by atoms with Gasteiger partial charge in [0.2, 0.25) is 18.5 Å². The van der Waals surface area contributed by atoms with Crippen molar-refractivity contribution in [1.29, 1.82) is 0 Å². The number of esters is 4. The van der Waals surface area contributed by atoms with E-state index in [1.807, 2.05) is 0 Å². The first-order valence-electron chi connectivity index (χ1n) is 15.1. The smallest absolute Gasteiger partial charge is 0.307 e. The number of aliphatic hydroxyl groups excluding tert-OH is 4. The SMILES string of the molecule is CCC(=O)NC1[C@@H](OC(=O)CC)OC(COC(=O)CC)[C@@H](OC(=O)CC)[C@@H]1OC(=O)CC.ClCCl.[Cl-].[NH3+]C1C(O)OC(CO)[C@@H](O)[C@@H]1O. The molecule has 2 aliphatic heterocycles. The lowest BCUT2D eigenvalue weighted by Gasteiger charge is -2.44. The van der Waals surface area contributed by atoms with Gasteiger partial charge >= 0.3 is 23.9 Å². The first-order chi connectivity index (χ1) is 22.2. The topological polar surface area (TPSA) is 261 Å². The number of hydrogen-bond donors (Lipinski definition) is 6. The predicted octanol–water partition coefficient (Wildman–Crippen LogP) is -4.39. The van der Waals surface area contributed by atoms with Gasteiger partial charge in [0.25, 0.3) is 0 Å². The standard InChI is InChI=1S/C21H33NO10.C6H13NO5.CH2Cl2.ClH/c1-6-13(23)22-18-20(31-16(26)9-4)19(30-15(25)8-3)12(11-28-14(24)7-2)29-21(18)32-17(27)10-5;7-3-5(10)4(9)2(1-8)12-6(3)11;2-1-3;/h12,18-21H,6-11H2,1-5H3,(H,22,23);2-6,8-11H,1,7H2;1H2;1H/t12?,18?,19-,20-,21-;2?,3?,4-,5-,6?;;/m11../s1. The maximum absolute atomic E-state index is 12.2. The zero-order chi connectivity index (χ0) is 36.3. The summed E-state index contributed by atoms with van der Waals surface area (Å²) in [6.45, 7) is 7.15. The fourth-order valence-electron chi connectivity index (χ4n) is 3.98. The molecule has 282 valence electrons. The van der Waals surface area contributed by atoms with E-state index in [1.54, 1.807) is 34.6 Å². The highest BCUT2D eigenvalue weighted by molar-refractivity contribution is 6.40. The number of alkyl halides is 2. The number of nitrogens with one attached hydrogen (secondary N) is 1. The Hall–Kier alpha value is -2.06. The van der Waals surface area contributed by atoms with Crippen LogP contribution in [0.4, 0.5) is 0 Å². The summed E-state index contributed by atoms with van der Waals surface area (Å²) in [5, 5.41) is 39.1. The molecule has 2 saturated heterocycles. The highest BCUT2D eigenvalue weighted by Gasteiger charge is 2.52. The van der Waals surface area contributed by atoms with Crippen LogP contribution in [0.1, 0.15) is 66.7 Å². The quantitative estimate of drug-likeness (QED) is 0.0624. The second kappa shape index (κ2) is 25.8. The Labute approximate surface area is 295 Å². The molecule has 0 saturated carbocycles. The van der Waals surface area contributed by atoms with Crippen LogP contribution in [-0.2, 0) is 52.4 Å². The molecule has 1 amide bonds. The van der Waals surface area contributed by atoms with Gasteiger partial charge in [0.1, 0.15) is 37.1 Å². The molecule has 0 aromatic carbocycles. The summed E-state index contributed by atoms with van der Waals surface area (Å²) in [7, 11) is 0. The molecule has 48 heavy (non-hydrogen) atoms. The van der Waals surface area contributed by atoms with Gasteiger partial charge in [-0.15, -0.1) is 23.2 Å². The highest BCUT2D eigenvalue weighted by Crippen LogP contribution is 2.29. The summed E-state index contributed by atoms with van der Waals surface area (Å²) in [4.78, 5) is 60.2. The Morgan fingerprint density at radius 3 is 1.67 bits per heavy atom. The van der Waals surface area contributed by atoms with Crippen LogP contribution in [0.3, 0.4) is 0 Å². The van der Waals surface area contributed by atoms with Gasteiger partial charge < -0.3 is 72.3 Å². The zero-order valence-electron chi connectivity index (χ0n) is 27.6. The van der Waals surface area contributed by atoms with Crippen LogP contribution in [-0.4, -0.2) is 130 Å². The second-order valence-corrected chi connectivity index (χ2v) is 10.8. The third kappa shape index (κ3) is 16.1. The number of rotatable bonds is 12. The fourth-order valence-corrected chi connectivity index (χ4v) is 3.98. The molecule has 0 aromatic rings. The Kier molecular flexibility index (Phi) is 25.9. The molecule has 10 atom stereocenters. The van der Waals surface area contributed by atoms with Gasteiger partial charge in [-0.2, -0.15) is 0 Å². The number of carbonyl (C=O) groups is 5. The summed E-state index contributed by atoms with van der Waals surface area (Å²) in [6, 6.07) is -1.94. The van der Waals surface area contributed by atoms with Crippen molar-refractivity contribution in [3.8, 4) is 0 Å². The molecular weight excluding hydrogens is 711 g/mol. The molecule has 20 heteroatoms. The molecule has 2 rings (SSSR count). The van der Waals surface area contributed by atoms with Crippen molar-refractivity contribution >= 4 is 53.0 Å². The van der Waals surface area contributed by atoms with Crippen LogP contribution >= 0.6 is 23.2 Å². The number of aliphatic hydroxyl groups is 4. The van der Waals surface area contributed by atoms with Crippen molar-refractivity contribution in [2.75, 3.05) is 18.6 Å². The Bertz CT molecular complexity index is 978. The molecule has 0 spiro atoms. The van der Waals surface area contributed by atoms with Crippen molar-refractivity contribution in [3.05, 3.63) is 0 Å². The summed E-state index contributed by atoms with van der Waals surface area (Å²) in [5.74, 6) is -2.83. The van der Waals surface area contributed by atoms with Gasteiger partial charge in [-0.05, 0) is 0 Å². The monoisotopic (exact) mass is 758 g/mol. The fraction of sp³-hybridized carbons (Fsp3) is 0.821. The van der Waals surface area contributed by atoms with E-state index in [-0.39, 0.29) is 56.5 Å². The summed E-state index contributed by atoms with van der Waals surface area (Å²) in [5.41, 5.74) is 3.41.